The van der Waals surface area contributed by atoms with Crippen LogP contribution in [0.25, 0.3) is 0 Å². The van der Waals surface area contributed by atoms with Crippen molar-refractivity contribution in [3.05, 3.63) is 43.0 Å². The van der Waals surface area contributed by atoms with E-state index in [1.165, 1.54) is 4.90 Å². The molecule has 6 heteroatoms. The quantitative estimate of drug-likeness (QED) is 0.816. The van der Waals surface area contributed by atoms with Gasteiger partial charge in [-0.05, 0) is 56.7 Å². The highest BCUT2D eigenvalue weighted by Crippen LogP contribution is 2.30. The average molecular weight is 345 g/mol. The highest BCUT2D eigenvalue weighted by molar-refractivity contribution is 7.98. The maximum Gasteiger partial charge on any atom is 0.261 e. The summed E-state index contributed by atoms with van der Waals surface area (Å²) in [6, 6.07) is 8.22. The molecule has 1 N–H and O–H groups in total. The minimum Gasteiger partial charge on any atom is -0.481 e. The molecular formula is C18H23N3O2S. The Balaban J connectivity index is 1.57. The molecule has 2 aromatic rings. The van der Waals surface area contributed by atoms with E-state index >= 15 is 0 Å². The van der Waals surface area contributed by atoms with Gasteiger partial charge in [-0.1, -0.05) is 0 Å². The van der Waals surface area contributed by atoms with Crippen LogP contribution >= 0.6 is 11.8 Å². The van der Waals surface area contributed by atoms with E-state index in [4.69, 9.17) is 4.74 Å². The lowest BCUT2D eigenvalue weighted by atomic mass is 10.1. The van der Waals surface area contributed by atoms with Crippen LogP contribution in [0.3, 0.4) is 0 Å². The highest BCUT2D eigenvalue weighted by atomic mass is 32.2. The van der Waals surface area contributed by atoms with Gasteiger partial charge in [0.05, 0.1) is 12.4 Å². The minimum absolute atomic E-state index is 0.0686. The number of carbonyl (C=O) groups is 1. The number of imidazole rings is 1. The van der Waals surface area contributed by atoms with E-state index in [0.29, 0.717) is 5.75 Å². The van der Waals surface area contributed by atoms with Gasteiger partial charge in [-0.3, -0.25) is 4.79 Å². The van der Waals surface area contributed by atoms with Gasteiger partial charge in [0.25, 0.3) is 5.91 Å². The van der Waals surface area contributed by atoms with Crippen molar-refractivity contribution in [3.63, 3.8) is 0 Å². The summed E-state index contributed by atoms with van der Waals surface area (Å²) in [7, 11) is 0. The molecular weight excluding hydrogens is 322 g/mol. The number of nitrogens with one attached hydrogen (secondary N) is 1. The molecule has 1 aromatic heterocycles. The van der Waals surface area contributed by atoms with E-state index in [0.717, 1.165) is 19.3 Å². The first kappa shape index (κ1) is 16.9. The molecule has 3 atom stereocenters. The van der Waals surface area contributed by atoms with Crippen LogP contribution < -0.4 is 10.1 Å². The molecule has 0 spiro atoms. The van der Waals surface area contributed by atoms with Gasteiger partial charge in [-0.15, -0.1) is 11.8 Å². The van der Waals surface area contributed by atoms with E-state index < -0.39 is 6.10 Å². The Morgan fingerprint density at radius 3 is 2.83 bits per heavy atom. The zero-order valence-corrected chi connectivity index (χ0v) is 14.8. The first-order valence-electron chi connectivity index (χ1n) is 8.26. The number of benzene rings is 1. The van der Waals surface area contributed by atoms with Crippen LogP contribution in [-0.4, -0.2) is 33.9 Å². The number of rotatable bonds is 6. The molecule has 1 aliphatic carbocycles. The predicted molar refractivity (Wildman–Crippen MR) is 95.4 cm³/mol. The first-order valence-corrected chi connectivity index (χ1v) is 9.48. The SMILES string of the molecule is CSc1ccc(OC(C)C(=O)NC2CCCC2n2ccnc2)cc1. The van der Waals surface area contributed by atoms with Crippen LogP contribution in [0.15, 0.2) is 47.9 Å². The van der Waals surface area contributed by atoms with Crippen molar-refractivity contribution in [1.29, 1.82) is 0 Å². The Morgan fingerprint density at radius 2 is 2.17 bits per heavy atom. The molecule has 0 aliphatic heterocycles. The third-order valence-corrected chi connectivity index (χ3v) is 5.20. The lowest BCUT2D eigenvalue weighted by Gasteiger charge is -2.24. The molecule has 1 heterocycles. The molecule has 0 bridgehead atoms. The van der Waals surface area contributed by atoms with Gasteiger partial charge < -0.3 is 14.6 Å². The highest BCUT2D eigenvalue weighted by Gasteiger charge is 2.31. The fraction of sp³-hybridized carbons (Fsp3) is 0.444. The minimum atomic E-state index is -0.519. The normalized spacial score (nSPS) is 21.4. The van der Waals surface area contributed by atoms with Crippen molar-refractivity contribution in [3.8, 4) is 5.75 Å². The number of amides is 1. The molecule has 3 unspecified atom stereocenters. The van der Waals surface area contributed by atoms with Crippen molar-refractivity contribution in [2.75, 3.05) is 6.26 Å². The summed E-state index contributed by atoms with van der Waals surface area (Å²) in [4.78, 5) is 17.8. The van der Waals surface area contributed by atoms with E-state index in [9.17, 15) is 4.79 Å². The molecule has 5 nitrogen and oxygen atoms in total. The van der Waals surface area contributed by atoms with Gasteiger partial charge in [0, 0.05) is 23.3 Å². The van der Waals surface area contributed by atoms with Gasteiger partial charge in [0.15, 0.2) is 6.10 Å². The monoisotopic (exact) mass is 345 g/mol. The summed E-state index contributed by atoms with van der Waals surface area (Å²) >= 11 is 1.68. The Bertz CT molecular complexity index is 657. The largest absolute Gasteiger partial charge is 0.481 e. The summed E-state index contributed by atoms with van der Waals surface area (Å²) in [5.74, 6) is 0.647. The molecule has 24 heavy (non-hydrogen) atoms. The Hall–Kier alpha value is -1.95. The van der Waals surface area contributed by atoms with Gasteiger partial charge in [0.2, 0.25) is 0 Å². The molecule has 3 rings (SSSR count). The van der Waals surface area contributed by atoms with Gasteiger partial charge in [0.1, 0.15) is 5.75 Å². The summed E-state index contributed by atoms with van der Waals surface area (Å²) in [6.45, 7) is 1.79. The lowest BCUT2D eigenvalue weighted by molar-refractivity contribution is -0.128. The number of carbonyl (C=O) groups excluding carboxylic acids is 1. The molecule has 1 aromatic carbocycles. The summed E-state index contributed by atoms with van der Waals surface area (Å²) in [5.41, 5.74) is 0. The predicted octanol–water partition coefficient (Wildman–Crippen LogP) is 3.28. The van der Waals surface area contributed by atoms with Crippen molar-refractivity contribution < 1.29 is 9.53 Å². The smallest absolute Gasteiger partial charge is 0.261 e. The lowest BCUT2D eigenvalue weighted by Crippen LogP contribution is -2.44. The number of aromatic nitrogens is 2. The number of nitrogens with zero attached hydrogens (tertiary/aromatic N) is 2. The zero-order chi connectivity index (χ0) is 16.9. The van der Waals surface area contributed by atoms with Crippen LogP contribution in [-0.2, 0) is 4.79 Å². The molecule has 0 radical (unpaired) electrons. The van der Waals surface area contributed by atoms with Crippen molar-refractivity contribution in [2.45, 2.75) is 49.3 Å². The third-order valence-electron chi connectivity index (χ3n) is 4.46. The topological polar surface area (TPSA) is 56.1 Å². The Morgan fingerprint density at radius 1 is 1.38 bits per heavy atom. The van der Waals surface area contributed by atoms with E-state index in [-0.39, 0.29) is 18.0 Å². The van der Waals surface area contributed by atoms with E-state index in [1.54, 1.807) is 24.9 Å². The Kier molecular flexibility index (Phi) is 5.45. The van der Waals surface area contributed by atoms with E-state index in [1.807, 2.05) is 43.0 Å². The molecule has 1 fully saturated rings. The van der Waals surface area contributed by atoms with Gasteiger partial charge >= 0.3 is 0 Å². The maximum atomic E-state index is 12.5. The number of thioether (sulfide) groups is 1. The summed E-state index contributed by atoms with van der Waals surface area (Å²) in [5, 5.41) is 3.14. The fourth-order valence-electron chi connectivity index (χ4n) is 3.14. The zero-order valence-electron chi connectivity index (χ0n) is 14.0. The molecule has 0 saturated heterocycles. The standard InChI is InChI=1S/C18H23N3O2S/c1-13(23-14-6-8-15(24-2)9-7-14)18(22)20-16-4-3-5-17(16)21-11-10-19-12-21/h6-13,16-17H,3-5H2,1-2H3,(H,20,22). The fourth-order valence-corrected chi connectivity index (χ4v) is 3.55. The molecule has 128 valence electrons. The summed E-state index contributed by atoms with van der Waals surface area (Å²) < 4.78 is 7.86. The van der Waals surface area contributed by atoms with Crippen LogP contribution in [0.5, 0.6) is 5.75 Å². The summed E-state index contributed by atoms with van der Waals surface area (Å²) in [6.07, 6.45) is 10.2. The van der Waals surface area contributed by atoms with Crippen LogP contribution in [0, 0.1) is 0 Å². The average Bonchev–Trinajstić information content (AvgIpc) is 3.26. The second-order valence-electron chi connectivity index (χ2n) is 6.06. The molecule has 1 aliphatic rings. The van der Waals surface area contributed by atoms with Crippen molar-refractivity contribution in [1.82, 2.24) is 14.9 Å². The Labute approximate surface area is 146 Å². The second-order valence-corrected chi connectivity index (χ2v) is 6.94. The number of hydrogen-bond acceptors (Lipinski definition) is 4. The van der Waals surface area contributed by atoms with Crippen molar-refractivity contribution in [2.24, 2.45) is 0 Å². The number of hydrogen-bond donors (Lipinski definition) is 1. The number of ether oxygens (including phenoxy) is 1. The van der Waals surface area contributed by atoms with Gasteiger partial charge in [-0.25, -0.2) is 4.98 Å². The first-order chi connectivity index (χ1) is 11.7. The van der Waals surface area contributed by atoms with E-state index in [2.05, 4.69) is 14.9 Å². The van der Waals surface area contributed by atoms with Crippen LogP contribution in [0.1, 0.15) is 32.2 Å². The van der Waals surface area contributed by atoms with Gasteiger partial charge in [-0.2, -0.15) is 0 Å². The van der Waals surface area contributed by atoms with Crippen LogP contribution in [0.2, 0.25) is 0 Å². The van der Waals surface area contributed by atoms with Crippen molar-refractivity contribution >= 4 is 17.7 Å². The molecule has 1 saturated carbocycles. The second kappa shape index (κ2) is 7.75. The molecule has 1 amide bonds. The van der Waals surface area contributed by atoms with Crippen LogP contribution in [0.4, 0.5) is 0 Å². The third kappa shape index (κ3) is 3.93. The maximum absolute atomic E-state index is 12.5.